The third-order valence-corrected chi connectivity index (χ3v) is 7.64. The molecule has 0 bridgehead atoms. The number of nitrogens with one attached hydrogen (secondary N) is 1. The third-order valence-electron chi connectivity index (χ3n) is 7.64. The number of hydrogen-bond donors (Lipinski definition) is 1. The Morgan fingerprint density at radius 1 is 1.17 bits per heavy atom. The Labute approximate surface area is 212 Å². The van der Waals surface area contributed by atoms with Crippen molar-refractivity contribution in [2.24, 2.45) is 5.92 Å². The number of nitrogens with zero attached hydrogens (tertiary/aromatic N) is 2. The standard InChI is InChI=1S/C28H35N3O5/c1-34-27(33)17-22(21-5-8-24-25(16-21)36-18-35-24)15-19-10-13-31(14-11-19)26(32)9-7-23-6-4-20-3-2-12-29-28(20)30-23/h4-6,8,16,19,22H,2-3,7,9-15,17-18H2,1H3,(H,29,30). The largest absolute Gasteiger partial charge is 0.469 e. The molecule has 0 saturated carbocycles. The molecule has 4 heterocycles. The molecule has 3 aliphatic rings. The summed E-state index contributed by atoms with van der Waals surface area (Å²) in [7, 11) is 1.43. The molecule has 8 nitrogen and oxygen atoms in total. The summed E-state index contributed by atoms with van der Waals surface area (Å²) < 4.78 is 15.9. The van der Waals surface area contributed by atoms with Crippen LogP contribution in [0.25, 0.3) is 0 Å². The number of methoxy groups -OCH3 is 1. The molecule has 1 aromatic heterocycles. The number of fused-ring (bicyclic) bond motifs is 2. The van der Waals surface area contributed by atoms with Gasteiger partial charge in [0.05, 0.1) is 13.5 Å². The van der Waals surface area contributed by atoms with Gasteiger partial charge in [0.2, 0.25) is 12.7 Å². The zero-order valence-corrected chi connectivity index (χ0v) is 21.0. The van der Waals surface area contributed by atoms with E-state index in [4.69, 9.17) is 19.2 Å². The Kier molecular flexibility index (Phi) is 7.58. The zero-order valence-electron chi connectivity index (χ0n) is 21.0. The van der Waals surface area contributed by atoms with E-state index in [0.29, 0.717) is 25.2 Å². The number of carbonyl (C=O) groups excluding carboxylic acids is 2. The molecule has 1 atom stereocenters. The molecule has 1 saturated heterocycles. The SMILES string of the molecule is COC(=O)CC(CC1CCN(C(=O)CCc2ccc3c(n2)NCCC3)CC1)c1ccc2c(c1)OCO2. The summed E-state index contributed by atoms with van der Waals surface area (Å²) in [6.07, 6.45) is 6.45. The maximum atomic E-state index is 12.9. The molecule has 8 heteroatoms. The lowest BCUT2D eigenvalue weighted by atomic mass is 9.82. The average Bonchev–Trinajstić information content (AvgIpc) is 3.39. The van der Waals surface area contributed by atoms with Crippen LogP contribution in [0, 0.1) is 5.92 Å². The number of aryl methyl sites for hydroxylation is 2. The summed E-state index contributed by atoms with van der Waals surface area (Å²) in [5.74, 6) is 2.93. The van der Waals surface area contributed by atoms with E-state index in [-0.39, 0.29) is 24.6 Å². The van der Waals surface area contributed by atoms with Crippen LogP contribution in [0.4, 0.5) is 5.82 Å². The first-order chi connectivity index (χ1) is 17.6. The van der Waals surface area contributed by atoms with Gasteiger partial charge >= 0.3 is 5.97 Å². The second-order valence-corrected chi connectivity index (χ2v) is 9.99. The molecule has 1 amide bonds. The summed E-state index contributed by atoms with van der Waals surface area (Å²) in [6, 6.07) is 10.1. The monoisotopic (exact) mass is 493 g/mol. The van der Waals surface area contributed by atoms with Gasteiger partial charge in [0.1, 0.15) is 5.82 Å². The van der Waals surface area contributed by atoms with Gasteiger partial charge in [-0.2, -0.15) is 0 Å². The molecule has 5 rings (SSSR count). The predicted molar refractivity (Wildman–Crippen MR) is 135 cm³/mol. The lowest BCUT2D eigenvalue weighted by molar-refractivity contribution is -0.141. The van der Waals surface area contributed by atoms with Crippen LogP contribution in [0.5, 0.6) is 11.5 Å². The van der Waals surface area contributed by atoms with Crippen LogP contribution in [0.2, 0.25) is 0 Å². The van der Waals surface area contributed by atoms with Crippen LogP contribution in [0.1, 0.15) is 61.3 Å². The van der Waals surface area contributed by atoms with Crippen LogP contribution in [0.3, 0.4) is 0 Å². The van der Waals surface area contributed by atoms with Gasteiger partial charge in [0, 0.05) is 31.7 Å². The van der Waals surface area contributed by atoms with Gasteiger partial charge in [-0.25, -0.2) is 4.98 Å². The maximum absolute atomic E-state index is 12.9. The number of esters is 1. The van der Waals surface area contributed by atoms with Crippen molar-refractivity contribution >= 4 is 17.7 Å². The number of amides is 1. The Bertz CT molecular complexity index is 1100. The predicted octanol–water partition coefficient (Wildman–Crippen LogP) is 4.08. The van der Waals surface area contributed by atoms with E-state index in [2.05, 4.69) is 17.4 Å². The highest BCUT2D eigenvalue weighted by Gasteiger charge is 2.28. The molecule has 0 spiro atoms. The number of hydrogen-bond acceptors (Lipinski definition) is 7. The minimum Gasteiger partial charge on any atom is -0.469 e. The van der Waals surface area contributed by atoms with Gasteiger partial charge in [-0.05, 0) is 79.7 Å². The van der Waals surface area contributed by atoms with Crippen molar-refractivity contribution in [2.45, 2.75) is 57.3 Å². The Morgan fingerprint density at radius 2 is 2.00 bits per heavy atom. The van der Waals surface area contributed by atoms with Crippen LogP contribution < -0.4 is 14.8 Å². The molecule has 0 radical (unpaired) electrons. The number of benzene rings is 1. The first-order valence-corrected chi connectivity index (χ1v) is 13.1. The summed E-state index contributed by atoms with van der Waals surface area (Å²) >= 11 is 0. The molecule has 1 aromatic carbocycles. The minimum absolute atomic E-state index is 0.0443. The van der Waals surface area contributed by atoms with Crippen LogP contribution in [-0.4, -0.2) is 55.3 Å². The van der Waals surface area contributed by atoms with E-state index in [1.165, 1.54) is 12.7 Å². The number of pyridine rings is 1. The van der Waals surface area contributed by atoms with Crippen molar-refractivity contribution in [1.29, 1.82) is 0 Å². The Hall–Kier alpha value is -3.29. The van der Waals surface area contributed by atoms with Crippen LogP contribution in [-0.2, 0) is 27.2 Å². The smallest absolute Gasteiger partial charge is 0.306 e. The number of aromatic nitrogens is 1. The fraction of sp³-hybridized carbons (Fsp3) is 0.536. The van der Waals surface area contributed by atoms with Gasteiger partial charge in [-0.15, -0.1) is 0 Å². The molecule has 1 unspecified atom stereocenters. The molecule has 192 valence electrons. The molecule has 3 aliphatic heterocycles. The lowest BCUT2D eigenvalue weighted by Gasteiger charge is -2.34. The maximum Gasteiger partial charge on any atom is 0.306 e. The Balaban J connectivity index is 1.13. The second-order valence-electron chi connectivity index (χ2n) is 9.99. The first kappa shape index (κ1) is 24.4. The third kappa shape index (κ3) is 5.74. The minimum atomic E-state index is -0.212. The molecule has 0 aliphatic carbocycles. The van der Waals surface area contributed by atoms with Crippen molar-refractivity contribution < 1.29 is 23.8 Å². The van der Waals surface area contributed by atoms with Crippen molar-refractivity contribution in [1.82, 2.24) is 9.88 Å². The van der Waals surface area contributed by atoms with Gasteiger partial charge in [0.25, 0.3) is 0 Å². The van der Waals surface area contributed by atoms with Gasteiger partial charge in [-0.3, -0.25) is 9.59 Å². The molecule has 2 aromatic rings. The van der Waals surface area contributed by atoms with Crippen molar-refractivity contribution in [3.8, 4) is 11.5 Å². The zero-order chi connectivity index (χ0) is 24.9. The van der Waals surface area contributed by atoms with E-state index >= 15 is 0 Å². The van der Waals surface area contributed by atoms with Gasteiger partial charge in [0.15, 0.2) is 11.5 Å². The molecular formula is C28H35N3O5. The molecular weight excluding hydrogens is 458 g/mol. The van der Waals surface area contributed by atoms with Crippen molar-refractivity contribution in [3.05, 3.63) is 47.2 Å². The van der Waals surface area contributed by atoms with Crippen molar-refractivity contribution in [3.63, 3.8) is 0 Å². The first-order valence-electron chi connectivity index (χ1n) is 13.1. The quantitative estimate of drug-likeness (QED) is 0.554. The highest BCUT2D eigenvalue weighted by atomic mass is 16.7. The van der Waals surface area contributed by atoms with E-state index in [1.807, 2.05) is 23.1 Å². The number of anilines is 1. The number of carbonyl (C=O) groups is 2. The fourth-order valence-corrected chi connectivity index (χ4v) is 5.51. The average molecular weight is 494 g/mol. The molecule has 1 fully saturated rings. The summed E-state index contributed by atoms with van der Waals surface area (Å²) in [4.78, 5) is 31.7. The number of piperidine rings is 1. The van der Waals surface area contributed by atoms with E-state index < -0.39 is 0 Å². The number of ether oxygens (including phenoxy) is 3. The topological polar surface area (TPSA) is 90.0 Å². The van der Waals surface area contributed by atoms with E-state index in [9.17, 15) is 9.59 Å². The second kappa shape index (κ2) is 11.2. The molecule has 36 heavy (non-hydrogen) atoms. The highest BCUT2D eigenvalue weighted by molar-refractivity contribution is 5.76. The fourth-order valence-electron chi connectivity index (χ4n) is 5.51. The van der Waals surface area contributed by atoms with Crippen LogP contribution >= 0.6 is 0 Å². The van der Waals surface area contributed by atoms with Crippen molar-refractivity contribution in [2.75, 3.05) is 38.9 Å². The molecule has 1 N–H and O–H groups in total. The normalized spacial score (nSPS) is 17.8. The highest BCUT2D eigenvalue weighted by Crippen LogP contribution is 2.39. The van der Waals surface area contributed by atoms with E-state index in [1.54, 1.807) is 0 Å². The van der Waals surface area contributed by atoms with Gasteiger partial charge in [-0.1, -0.05) is 12.1 Å². The van der Waals surface area contributed by atoms with E-state index in [0.717, 1.165) is 80.3 Å². The Morgan fingerprint density at radius 3 is 2.83 bits per heavy atom. The summed E-state index contributed by atoms with van der Waals surface area (Å²) in [5, 5.41) is 3.37. The van der Waals surface area contributed by atoms with Crippen LogP contribution in [0.15, 0.2) is 30.3 Å². The van der Waals surface area contributed by atoms with Gasteiger partial charge < -0.3 is 24.4 Å². The number of likely N-dealkylation sites (tertiary alicyclic amines) is 1. The lowest BCUT2D eigenvalue weighted by Crippen LogP contribution is -2.39. The number of rotatable bonds is 8. The summed E-state index contributed by atoms with van der Waals surface area (Å²) in [6.45, 7) is 2.71. The summed E-state index contributed by atoms with van der Waals surface area (Å²) in [5.41, 5.74) is 3.31.